The molecule has 1 fully saturated rings. The van der Waals surface area contributed by atoms with Gasteiger partial charge in [0.15, 0.2) is 0 Å². The minimum Gasteiger partial charge on any atom is -0.481 e. The minimum atomic E-state index is -0.412. The molecule has 156 valence electrons. The van der Waals surface area contributed by atoms with Gasteiger partial charge in [-0.25, -0.2) is 0 Å². The molecule has 2 aromatic rings. The second-order valence-electron chi connectivity index (χ2n) is 6.61. The van der Waals surface area contributed by atoms with Crippen LogP contribution in [-0.4, -0.2) is 54.0 Å². The molecule has 2 heterocycles. The number of carbonyl (C=O) groups is 1. The molecule has 3 rings (SSSR count). The number of nitro groups is 1. The van der Waals surface area contributed by atoms with Crippen LogP contribution in [0.1, 0.15) is 18.0 Å². The van der Waals surface area contributed by atoms with Gasteiger partial charge in [-0.1, -0.05) is 18.2 Å². The van der Waals surface area contributed by atoms with Gasteiger partial charge in [0.1, 0.15) is 5.82 Å². The highest BCUT2D eigenvalue weighted by molar-refractivity contribution is 5.85. The van der Waals surface area contributed by atoms with Crippen LogP contribution in [0.15, 0.2) is 42.5 Å². The van der Waals surface area contributed by atoms with Gasteiger partial charge in [-0.15, -0.1) is 12.4 Å². The number of benzene rings is 1. The summed E-state index contributed by atoms with van der Waals surface area (Å²) in [6.45, 7) is 2.69. The molecule has 2 N–H and O–H groups in total. The molecule has 0 saturated carbocycles. The van der Waals surface area contributed by atoms with E-state index in [1.807, 2.05) is 12.1 Å². The molecule has 0 spiro atoms. The molecule has 0 bridgehead atoms. The Labute approximate surface area is 175 Å². The first-order valence-electron chi connectivity index (χ1n) is 9.00. The molecule has 1 aliphatic rings. The van der Waals surface area contributed by atoms with Gasteiger partial charge < -0.3 is 15.4 Å². The Hall–Kier alpha value is -2.91. The Balaban J connectivity index is 0.00000300. The molecule has 1 aromatic carbocycles. The molecule has 1 aromatic heterocycles. The SMILES string of the molecule is COc1cccc(N2CCN(CCC(N)=O)CC2c2ccc([N+](=O)[O-])cc2)n1.Cl. The zero-order valence-corrected chi connectivity index (χ0v) is 16.9. The molecule has 29 heavy (non-hydrogen) atoms. The third-order valence-corrected chi connectivity index (χ3v) is 4.84. The van der Waals surface area contributed by atoms with Gasteiger partial charge in [0.2, 0.25) is 11.8 Å². The lowest BCUT2D eigenvalue weighted by molar-refractivity contribution is -0.384. The predicted molar refractivity (Wildman–Crippen MR) is 111 cm³/mol. The van der Waals surface area contributed by atoms with Crippen LogP contribution in [0.3, 0.4) is 0 Å². The van der Waals surface area contributed by atoms with Crippen molar-refractivity contribution >= 4 is 29.8 Å². The fraction of sp³-hybridized carbons (Fsp3) is 0.368. The highest BCUT2D eigenvalue weighted by Crippen LogP contribution is 2.31. The number of aromatic nitrogens is 1. The summed E-state index contributed by atoms with van der Waals surface area (Å²) in [6.07, 6.45) is 0.296. The highest BCUT2D eigenvalue weighted by Gasteiger charge is 2.29. The van der Waals surface area contributed by atoms with E-state index in [1.165, 1.54) is 12.1 Å². The van der Waals surface area contributed by atoms with Crippen molar-refractivity contribution in [3.05, 3.63) is 58.1 Å². The topological polar surface area (TPSA) is 115 Å². The summed E-state index contributed by atoms with van der Waals surface area (Å²) in [5.41, 5.74) is 6.28. The van der Waals surface area contributed by atoms with Crippen molar-refractivity contribution in [1.29, 1.82) is 0 Å². The summed E-state index contributed by atoms with van der Waals surface area (Å²) >= 11 is 0. The number of rotatable bonds is 7. The number of piperazine rings is 1. The lowest BCUT2D eigenvalue weighted by Crippen LogP contribution is -2.49. The number of amides is 1. The largest absolute Gasteiger partial charge is 0.481 e. The fourth-order valence-electron chi connectivity index (χ4n) is 3.37. The van der Waals surface area contributed by atoms with Crippen LogP contribution in [-0.2, 0) is 4.79 Å². The van der Waals surface area contributed by atoms with Gasteiger partial charge in [-0.2, -0.15) is 4.98 Å². The predicted octanol–water partition coefficient (Wildman–Crippen LogP) is 2.16. The van der Waals surface area contributed by atoms with E-state index in [9.17, 15) is 14.9 Å². The van der Waals surface area contributed by atoms with E-state index in [0.29, 0.717) is 31.9 Å². The number of halogens is 1. The van der Waals surface area contributed by atoms with E-state index in [-0.39, 0.29) is 30.0 Å². The van der Waals surface area contributed by atoms with E-state index < -0.39 is 4.92 Å². The number of pyridine rings is 1. The van der Waals surface area contributed by atoms with Gasteiger partial charge in [-0.3, -0.25) is 19.8 Å². The number of hydrogen-bond acceptors (Lipinski definition) is 7. The van der Waals surface area contributed by atoms with Crippen LogP contribution in [0.2, 0.25) is 0 Å². The molecule has 1 amide bonds. The average Bonchev–Trinajstić information content (AvgIpc) is 2.72. The summed E-state index contributed by atoms with van der Waals surface area (Å²) in [5.74, 6) is 0.970. The molecule has 0 radical (unpaired) electrons. The van der Waals surface area contributed by atoms with Crippen molar-refractivity contribution in [3.63, 3.8) is 0 Å². The first kappa shape index (κ1) is 22.4. The number of anilines is 1. The Bertz CT molecular complexity index is 849. The normalized spacial score (nSPS) is 16.7. The van der Waals surface area contributed by atoms with E-state index >= 15 is 0 Å². The standard InChI is InChI=1S/C19H23N5O4.ClH/c1-28-19-4-2-3-18(21-19)23-12-11-22(10-9-17(20)25)13-16(23)14-5-7-15(8-6-14)24(26)27;/h2-8,16H,9-13H2,1H3,(H2,20,25);1H. The molecular formula is C19H24ClN5O4. The number of non-ortho nitro benzene ring substituents is 1. The summed E-state index contributed by atoms with van der Waals surface area (Å²) < 4.78 is 5.24. The lowest BCUT2D eigenvalue weighted by Gasteiger charge is -2.42. The van der Waals surface area contributed by atoms with Crippen molar-refractivity contribution in [1.82, 2.24) is 9.88 Å². The molecule has 1 atom stereocenters. The Morgan fingerprint density at radius 3 is 2.62 bits per heavy atom. The summed E-state index contributed by atoms with van der Waals surface area (Å²) in [7, 11) is 1.57. The number of methoxy groups -OCH3 is 1. The number of nitrogens with two attached hydrogens (primary N) is 1. The maximum atomic E-state index is 11.1. The van der Waals surface area contributed by atoms with Gasteiger partial charge in [0.25, 0.3) is 5.69 Å². The van der Waals surface area contributed by atoms with Crippen LogP contribution >= 0.6 is 12.4 Å². The molecule has 1 saturated heterocycles. The first-order chi connectivity index (χ1) is 13.5. The second-order valence-corrected chi connectivity index (χ2v) is 6.61. The first-order valence-corrected chi connectivity index (χ1v) is 9.00. The van der Waals surface area contributed by atoms with Gasteiger partial charge in [-0.05, 0) is 11.6 Å². The third-order valence-electron chi connectivity index (χ3n) is 4.84. The van der Waals surface area contributed by atoms with Crippen molar-refractivity contribution in [2.75, 3.05) is 38.2 Å². The number of hydrogen-bond donors (Lipinski definition) is 1. The maximum Gasteiger partial charge on any atom is 0.269 e. The molecular weight excluding hydrogens is 398 g/mol. The van der Waals surface area contributed by atoms with Crippen LogP contribution in [0.25, 0.3) is 0 Å². The zero-order valence-electron chi connectivity index (χ0n) is 16.1. The van der Waals surface area contributed by atoms with E-state index in [1.54, 1.807) is 25.3 Å². The molecule has 9 nitrogen and oxygen atoms in total. The van der Waals surface area contributed by atoms with Crippen molar-refractivity contribution in [3.8, 4) is 5.88 Å². The molecule has 1 aliphatic heterocycles. The number of carbonyl (C=O) groups excluding carboxylic acids is 1. The third kappa shape index (κ3) is 5.55. The number of ether oxygens (including phenoxy) is 1. The number of primary amides is 1. The Morgan fingerprint density at radius 2 is 2.00 bits per heavy atom. The van der Waals surface area contributed by atoms with Gasteiger partial charge in [0.05, 0.1) is 18.1 Å². The lowest BCUT2D eigenvalue weighted by atomic mass is 10.0. The number of nitro benzene ring substituents is 1. The average molecular weight is 422 g/mol. The smallest absolute Gasteiger partial charge is 0.269 e. The summed E-state index contributed by atoms with van der Waals surface area (Å²) in [4.78, 5) is 30.6. The van der Waals surface area contributed by atoms with Crippen LogP contribution in [0.5, 0.6) is 5.88 Å². The molecule has 1 unspecified atom stereocenters. The van der Waals surface area contributed by atoms with Crippen LogP contribution < -0.4 is 15.4 Å². The summed E-state index contributed by atoms with van der Waals surface area (Å²) in [5, 5.41) is 11.0. The van der Waals surface area contributed by atoms with E-state index in [4.69, 9.17) is 10.5 Å². The Morgan fingerprint density at radius 1 is 1.28 bits per heavy atom. The van der Waals surface area contributed by atoms with Gasteiger partial charge in [0, 0.05) is 50.8 Å². The quantitative estimate of drug-likeness (QED) is 0.538. The Kier molecular flexibility index (Phi) is 7.74. The molecule has 10 heteroatoms. The van der Waals surface area contributed by atoms with Crippen LogP contribution in [0, 0.1) is 10.1 Å². The van der Waals surface area contributed by atoms with E-state index in [2.05, 4.69) is 14.8 Å². The van der Waals surface area contributed by atoms with E-state index in [0.717, 1.165) is 17.9 Å². The number of nitrogens with zero attached hydrogens (tertiary/aromatic N) is 4. The summed E-state index contributed by atoms with van der Waals surface area (Å²) in [6, 6.07) is 12.1. The second kappa shape index (κ2) is 10.0. The molecule has 0 aliphatic carbocycles. The maximum absolute atomic E-state index is 11.1. The zero-order chi connectivity index (χ0) is 20.1. The van der Waals surface area contributed by atoms with Crippen molar-refractivity contribution in [2.24, 2.45) is 5.73 Å². The monoisotopic (exact) mass is 421 g/mol. The van der Waals surface area contributed by atoms with Crippen LogP contribution in [0.4, 0.5) is 11.5 Å². The van der Waals surface area contributed by atoms with Gasteiger partial charge >= 0.3 is 0 Å². The minimum absolute atomic E-state index is 0. The highest BCUT2D eigenvalue weighted by atomic mass is 35.5. The van der Waals surface area contributed by atoms with Crippen molar-refractivity contribution in [2.45, 2.75) is 12.5 Å². The fourth-order valence-corrected chi connectivity index (χ4v) is 3.37. The van der Waals surface area contributed by atoms with Crippen molar-refractivity contribution < 1.29 is 14.5 Å².